The zero-order valence-corrected chi connectivity index (χ0v) is 11.8. The number of aromatic nitrogens is 5. The lowest BCUT2D eigenvalue weighted by atomic mass is 10.1. The van der Waals surface area contributed by atoms with Crippen LogP contribution in [0.1, 0.15) is 49.9 Å². The highest BCUT2D eigenvalue weighted by Crippen LogP contribution is 2.15. The van der Waals surface area contributed by atoms with Crippen molar-refractivity contribution in [3.05, 3.63) is 29.4 Å². The molecule has 2 aromatic heterocycles. The molecule has 5 nitrogen and oxygen atoms in total. The molecule has 5 heteroatoms. The van der Waals surface area contributed by atoms with E-state index in [0.717, 1.165) is 24.6 Å². The first-order valence-corrected chi connectivity index (χ1v) is 7.15. The van der Waals surface area contributed by atoms with Crippen molar-refractivity contribution >= 4 is 0 Å². The normalized spacial score (nSPS) is 15.7. The van der Waals surface area contributed by atoms with Crippen molar-refractivity contribution in [3.8, 4) is 0 Å². The molecule has 0 amide bonds. The number of hydrogen-bond acceptors (Lipinski definition) is 3. The van der Waals surface area contributed by atoms with Crippen molar-refractivity contribution in [1.29, 1.82) is 0 Å². The van der Waals surface area contributed by atoms with Gasteiger partial charge in [0.1, 0.15) is 17.5 Å². The van der Waals surface area contributed by atoms with E-state index >= 15 is 0 Å². The molecule has 2 aromatic rings. The van der Waals surface area contributed by atoms with E-state index in [2.05, 4.69) is 31.2 Å². The average Bonchev–Trinajstić information content (AvgIpc) is 3.11. The topological polar surface area (TPSA) is 48.5 Å². The van der Waals surface area contributed by atoms with Gasteiger partial charge in [0.2, 0.25) is 0 Å². The number of imidazole rings is 1. The number of aryl methyl sites for hydroxylation is 4. The second-order valence-electron chi connectivity index (χ2n) is 5.32. The summed E-state index contributed by atoms with van der Waals surface area (Å²) in [6.07, 6.45) is 8.25. The Hall–Kier alpha value is -1.65. The Balaban J connectivity index is 0.000000141. The minimum atomic E-state index is 0. The highest BCUT2D eigenvalue weighted by atomic mass is 15.3. The molecule has 20 heavy (non-hydrogen) atoms. The quantitative estimate of drug-likeness (QED) is 0.742. The predicted octanol–water partition coefficient (Wildman–Crippen LogP) is 2.70. The standard InChI is InChI=1S/C8H12N2.C6H9N3.CH4/c1-7-9-6-8-4-2-3-5-10(7)8;1-5-7-8-6-3-2-4-9(5)6;/h6H,2-5H2,1H3;2-4H2,1H3;1H4. The summed E-state index contributed by atoms with van der Waals surface area (Å²) in [5, 5.41) is 7.96. The van der Waals surface area contributed by atoms with Crippen molar-refractivity contribution in [2.24, 2.45) is 0 Å². The minimum absolute atomic E-state index is 0. The highest BCUT2D eigenvalue weighted by molar-refractivity contribution is 5.06. The Kier molecular flexibility index (Phi) is 4.57. The van der Waals surface area contributed by atoms with Crippen LogP contribution in [-0.2, 0) is 25.9 Å². The van der Waals surface area contributed by atoms with Gasteiger partial charge in [-0.05, 0) is 39.5 Å². The van der Waals surface area contributed by atoms with Crippen molar-refractivity contribution in [3.63, 3.8) is 0 Å². The van der Waals surface area contributed by atoms with E-state index in [1.165, 1.54) is 43.7 Å². The van der Waals surface area contributed by atoms with Gasteiger partial charge in [0, 0.05) is 31.4 Å². The van der Waals surface area contributed by atoms with Crippen LogP contribution in [0.5, 0.6) is 0 Å². The molecule has 2 aliphatic heterocycles. The summed E-state index contributed by atoms with van der Waals surface area (Å²) in [5.74, 6) is 3.39. The molecule has 0 aromatic carbocycles. The van der Waals surface area contributed by atoms with Crippen molar-refractivity contribution < 1.29 is 0 Å². The number of rotatable bonds is 0. The summed E-state index contributed by atoms with van der Waals surface area (Å²) in [5.41, 5.74) is 1.42. The van der Waals surface area contributed by atoms with E-state index < -0.39 is 0 Å². The zero-order chi connectivity index (χ0) is 13.2. The number of fused-ring (bicyclic) bond motifs is 2. The van der Waals surface area contributed by atoms with Gasteiger partial charge in [0.25, 0.3) is 0 Å². The van der Waals surface area contributed by atoms with E-state index in [1.807, 2.05) is 13.1 Å². The lowest BCUT2D eigenvalue weighted by Gasteiger charge is -2.14. The molecule has 0 saturated heterocycles. The van der Waals surface area contributed by atoms with E-state index in [4.69, 9.17) is 0 Å². The fraction of sp³-hybridized carbons (Fsp3) is 0.667. The van der Waals surface area contributed by atoms with Gasteiger partial charge < -0.3 is 9.13 Å². The maximum absolute atomic E-state index is 4.26. The Labute approximate surface area is 121 Å². The molecule has 0 bridgehead atoms. The van der Waals surface area contributed by atoms with Crippen LogP contribution in [0, 0.1) is 13.8 Å². The third-order valence-corrected chi connectivity index (χ3v) is 4.00. The van der Waals surface area contributed by atoms with Gasteiger partial charge >= 0.3 is 0 Å². The molecule has 4 heterocycles. The molecule has 0 N–H and O–H groups in total. The second kappa shape index (κ2) is 6.20. The summed E-state index contributed by atoms with van der Waals surface area (Å²) in [4.78, 5) is 4.26. The van der Waals surface area contributed by atoms with E-state index in [-0.39, 0.29) is 7.43 Å². The predicted molar refractivity (Wildman–Crippen MR) is 79.7 cm³/mol. The van der Waals surface area contributed by atoms with Crippen LogP contribution in [0.15, 0.2) is 6.20 Å². The molecule has 4 rings (SSSR count). The second-order valence-corrected chi connectivity index (χ2v) is 5.32. The fourth-order valence-electron chi connectivity index (χ4n) is 2.89. The van der Waals surface area contributed by atoms with Crippen LogP contribution in [0.3, 0.4) is 0 Å². The third-order valence-electron chi connectivity index (χ3n) is 4.00. The molecule has 0 radical (unpaired) electrons. The SMILES string of the molecule is C.Cc1ncc2n1CCCC2.Cc1nnc2n1CCC2. The summed E-state index contributed by atoms with van der Waals surface area (Å²) >= 11 is 0. The maximum Gasteiger partial charge on any atom is 0.133 e. The molecule has 2 aliphatic rings. The first-order chi connectivity index (χ1) is 9.25. The number of hydrogen-bond donors (Lipinski definition) is 0. The van der Waals surface area contributed by atoms with E-state index in [1.54, 1.807) is 0 Å². The summed E-state index contributed by atoms with van der Waals surface area (Å²) in [6, 6.07) is 0. The van der Waals surface area contributed by atoms with Crippen LogP contribution in [0.2, 0.25) is 0 Å². The molecule has 110 valence electrons. The van der Waals surface area contributed by atoms with Crippen LogP contribution in [0.25, 0.3) is 0 Å². The van der Waals surface area contributed by atoms with E-state index in [0.29, 0.717) is 0 Å². The minimum Gasteiger partial charge on any atom is -0.332 e. The van der Waals surface area contributed by atoms with Crippen molar-refractivity contribution in [2.75, 3.05) is 0 Å². The van der Waals surface area contributed by atoms with Gasteiger partial charge in [0.05, 0.1) is 0 Å². The van der Waals surface area contributed by atoms with Crippen LogP contribution < -0.4 is 0 Å². The summed E-state index contributed by atoms with van der Waals surface area (Å²) < 4.78 is 4.50. The van der Waals surface area contributed by atoms with Gasteiger partial charge in [-0.2, -0.15) is 0 Å². The number of nitrogens with zero attached hydrogens (tertiary/aromatic N) is 5. The molecular weight excluding hydrogens is 250 g/mol. The molecule has 0 unspecified atom stereocenters. The van der Waals surface area contributed by atoms with Gasteiger partial charge in [-0.3, -0.25) is 0 Å². The Bertz CT molecular complexity index is 567. The first kappa shape index (κ1) is 14.8. The molecule has 0 atom stereocenters. The Morgan fingerprint density at radius 1 is 0.900 bits per heavy atom. The zero-order valence-electron chi connectivity index (χ0n) is 11.8. The molecule has 0 aliphatic carbocycles. The van der Waals surface area contributed by atoms with Crippen LogP contribution in [-0.4, -0.2) is 24.3 Å². The molecular formula is C15H25N5. The molecule has 0 spiro atoms. The van der Waals surface area contributed by atoms with Gasteiger partial charge in [0.15, 0.2) is 0 Å². The van der Waals surface area contributed by atoms with Crippen molar-refractivity contribution in [2.45, 2.75) is 66.5 Å². The monoisotopic (exact) mass is 275 g/mol. The first-order valence-electron chi connectivity index (χ1n) is 7.15. The lowest BCUT2D eigenvalue weighted by Crippen LogP contribution is -2.10. The fourth-order valence-corrected chi connectivity index (χ4v) is 2.89. The van der Waals surface area contributed by atoms with Crippen LogP contribution >= 0.6 is 0 Å². The largest absolute Gasteiger partial charge is 0.332 e. The highest BCUT2D eigenvalue weighted by Gasteiger charge is 2.13. The van der Waals surface area contributed by atoms with Crippen LogP contribution in [0.4, 0.5) is 0 Å². The smallest absolute Gasteiger partial charge is 0.133 e. The molecule has 0 saturated carbocycles. The summed E-state index contributed by atoms with van der Waals surface area (Å²) in [6.45, 7) is 6.38. The maximum atomic E-state index is 4.26. The van der Waals surface area contributed by atoms with Gasteiger partial charge in [-0.15, -0.1) is 10.2 Å². The lowest BCUT2D eigenvalue weighted by molar-refractivity contribution is 0.522. The average molecular weight is 275 g/mol. The van der Waals surface area contributed by atoms with Crippen molar-refractivity contribution in [1.82, 2.24) is 24.3 Å². The summed E-state index contributed by atoms with van der Waals surface area (Å²) in [7, 11) is 0. The Morgan fingerprint density at radius 2 is 1.70 bits per heavy atom. The van der Waals surface area contributed by atoms with E-state index in [9.17, 15) is 0 Å². The van der Waals surface area contributed by atoms with Gasteiger partial charge in [-0.25, -0.2) is 4.98 Å². The Morgan fingerprint density at radius 3 is 2.45 bits per heavy atom. The van der Waals surface area contributed by atoms with Gasteiger partial charge in [-0.1, -0.05) is 7.43 Å². The molecule has 0 fully saturated rings. The third kappa shape index (κ3) is 2.76.